The fourth-order valence-corrected chi connectivity index (χ4v) is 1.68. The van der Waals surface area contributed by atoms with E-state index in [0.29, 0.717) is 0 Å². The van der Waals surface area contributed by atoms with Crippen LogP contribution >= 0.6 is 0 Å². The minimum absolute atomic E-state index is 0.230. The minimum Gasteiger partial charge on any atom is -0.464 e. The van der Waals surface area contributed by atoms with Gasteiger partial charge < -0.3 is 10.1 Å². The molecule has 0 aliphatic carbocycles. The molecular formula is C15H19NO4. The molecule has 2 atom stereocenters. The molecule has 0 bridgehead atoms. The number of ether oxygens (including phenoxy) is 1. The van der Waals surface area contributed by atoms with Gasteiger partial charge in [-0.15, -0.1) is 0 Å². The highest BCUT2D eigenvalue weighted by Gasteiger charge is 2.26. The Kier molecular flexibility index (Phi) is 5.90. The number of hydrogen-bond donors (Lipinski definition) is 1. The largest absolute Gasteiger partial charge is 0.464 e. The zero-order valence-corrected chi connectivity index (χ0v) is 11.9. The molecule has 1 amide bonds. The molecule has 1 rings (SSSR count). The van der Waals surface area contributed by atoms with Gasteiger partial charge >= 0.3 is 5.97 Å². The Labute approximate surface area is 118 Å². The third-order valence-corrected chi connectivity index (χ3v) is 2.90. The van der Waals surface area contributed by atoms with Crippen molar-refractivity contribution in [1.82, 2.24) is 5.32 Å². The van der Waals surface area contributed by atoms with E-state index in [2.05, 4.69) is 5.32 Å². The van der Waals surface area contributed by atoms with Gasteiger partial charge in [0.1, 0.15) is 6.04 Å². The van der Waals surface area contributed by atoms with Crippen LogP contribution in [0.2, 0.25) is 0 Å². The fourth-order valence-electron chi connectivity index (χ4n) is 1.68. The Morgan fingerprint density at radius 2 is 1.75 bits per heavy atom. The van der Waals surface area contributed by atoms with Gasteiger partial charge in [0.25, 0.3) is 5.91 Å². The Morgan fingerprint density at radius 1 is 1.15 bits per heavy atom. The van der Waals surface area contributed by atoms with Crippen LogP contribution in [0.3, 0.4) is 0 Å². The number of ketones is 1. The zero-order chi connectivity index (χ0) is 15.1. The van der Waals surface area contributed by atoms with Crippen molar-refractivity contribution in [1.29, 1.82) is 0 Å². The van der Waals surface area contributed by atoms with Gasteiger partial charge in [-0.2, -0.15) is 0 Å². The maximum absolute atomic E-state index is 12.0. The predicted molar refractivity (Wildman–Crippen MR) is 74.1 cm³/mol. The van der Waals surface area contributed by atoms with Gasteiger partial charge in [-0.25, -0.2) is 4.79 Å². The van der Waals surface area contributed by atoms with E-state index in [-0.39, 0.29) is 6.61 Å². The SMILES string of the molecule is CCOC(=O)[C@H](C)NC(=O)C(=O)C(C)c1ccccc1. The molecular weight excluding hydrogens is 258 g/mol. The van der Waals surface area contributed by atoms with Crippen molar-refractivity contribution in [2.75, 3.05) is 6.61 Å². The second kappa shape index (κ2) is 7.43. The minimum atomic E-state index is -0.839. The summed E-state index contributed by atoms with van der Waals surface area (Å²) >= 11 is 0. The summed E-state index contributed by atoms with van der Waals surface area (Å²) in [6.45, 7) is 5.05. The first-order chi connectivity index (χ1) is 9.47. The highest BCUT2D eigenvalue weighted by atomic mass is 16.5. The van der Waals surface area contributed by atoms with Gasteiger partial charge in [-0.1, -0.05) is 37.3 Å². The van der Waals surface area contributed by atoms with Crippen molar-refractivity contribution in [2.24, 2.45) is 0 Å². The molecule has 1 aromatic rings. The smallest absolute Gasteiger partial charge is 0.328 e. The van der Waals surface area contributed by atoms with Crippen LogP contribution in [-0.2, 0) is 19.1 Å². The molecule has 0 radical (unpaired) electrons. The Morgan fingerprint density at radius 3 is 2.30 bits per heavy atom. The van der Waals surface area contributed by atoms with Crippen molar-refractivity contribution in [3.05, 3.63) is 35.9 Å². The summed E-state index contributed by atoms with van der Waals surface area (Å²) in [6, 6.07) is 8.17. The first-order valence-electron chi connectivity index (χ1n) is 6.53. The van der Waals surface area contributed by atoms with E-state index in [1.807, 2.05) is 6.07 Å². The number of carbonyl (C=O) groups excluding carboxylic acids is 3. The number of Topliss-reactive ketones (excluding diaryl/α,β-unsaturated/α-hetero) is 1. The number of carbonyl (C=O) groups is 3. The van der Waals surface area contributed by atoms with E-state index in [0.717, 1.165) is 5.56 Å². The maximum Gasteiger partial charge on any atom is 0.328 e. The van der Waals surface area contributed by atoms with Crippen LogP contribution in [-0.4, -0.2) is 30.3 Å². The first-order valence-corrected chi connectivity index (χ1v) is 6.53. The first kappa shape index (κ1) is 15.9. The normalized spacial score (nSPS) is 13.2. The molecule has 0 heterocycles. The molecule has 5 nitrogen and oxygen atoms in total. The van der Waals surface area contributed by atoms with Gasteiger partial charge in [0, 0.05) is 5.92 Å². The molecule has 0 aliphatic rings. The molecule has 108 valence electrons. The Balaban J connectivity index is 2.63. The van der Waals surface area contributed by atoms with Crippen LogP contribution in [0.15, 0.2) is 30.3 Å². The topological polar surface area (TPSA) is 72.5 Å². The number of hydrogen-bond acceptors (Lipinski definition) is 4. The summed E-state index contributed by atoms with van der Waals surface area (Å²) < 4.78 is 4.76. The molecule has 5 heteroatoms. The van der Waals surface area contributed by atoms with Gasteiger partial charge in [-0.3, -0.25) is 9.59 Å². The maximum atomic E-state index is 12.0. The van der Waals surface area contributed by atoms with Crippen molar-refractivity contribution < 1.29 is 19.1 Å². The lowest BCUT2D eigenvalue weighted by atomic mass is 9.96. The summed E-state index contributed by atoms with van der Waals surface area (Å²) in [5.74, 6) is -2.46. The van der Waals surface area contributed by atoms with E-state index in [9.17, 15) is 14.4 Å². The third-order valence-electron chi connectivity index (χ3n) is 2.90. The summed E-state index contributed by atoms with van der Waals surface area (Å²) in [7, 11) is 0. The summed E-state index contributed by atoms with van der Waals surface area (Å²) in [4.78, 5) is 35.2. The quantitative estimate of drug-likeness (QED) is 0.630. The van der Waals surface area contributed by atoms with Crippen molar-refractivity contribution in [2.45, 2.75) is 32.7 Å². The van der Waals surface area contributed by atoms with Crippen LogP contribution in [0.5, 0.6) is 0 Å². The molecule has 0 aromatic heterocycles. The fraction of sp³-hybridized carbons (Fsp3) is 0.400. The molecule has 0 fully saturated rings. The molecule has 0 aliphatic heterocycles. The third kappa shape index (κ3) is 4.19. The molecule has 1 unspecified atom stereocenters. The highest BCUT2D eigenvalue weighted by molar-refractivity contribution is 6.38. The Bertz CT molecular complexity index is 484. The van der Waals surface area contributed by atoms with Crippen molar-refractivity contribution in [3.8, 4) is 0 Å². The predicted octanol–water partition coefficient (Wildman–Crippen LogP) is 1.43. The standard InChI is InChI=1S/C15H19NO4/c1-4-20-15(19)11(3)16-14(18)13(17)10(2)12-8-6-5-7-9-12/h5-11H,4H2,1-3H3,(H,16,18)/t10?,11-/m0/s1. The van der Waals surface area contributed by atoms with Gasteiger partial charge in [0.2, 0.25) is 5.78 Å². The summed E-state index contributed by atoms with van der Waals surface area (Å²) in [5.41, 5.74) is 0.761. The van der Waals surface area contributed by atoms with Crippen LogP contribution in [0.25, 0.3) is 0 Å². The molecule has 1 N–H and O–H groups in total. The van der Waals surface area contributed by atoms with E-state index < -0.39 is 29.6 Å². The van der Waals surface area contributed by atoms with Crippen LogP contribution in [0.4, 0.5) is 0 Å². The van der Waals surface area contributed by atoms with E-state index in [4.69, 9.17) is 4.74 Å². The van der Waals surface area contributed by atoms with Crippen LogP contribution < -0.4 is 5.32 Å². The van der Waals surface area contributed by atoms with Gasteiger partial charge in [-0.05, 0) is 19.4 Å². The number of benzene rings is 1. The van der Waals surface area contributed by atoms with Crippen molar-refractivity contribution in [3.63, 3.8) is 0 Å². The second-order valence-electron chi connectivity index (χ2n) is 4.44. The van der Waals surface area contributed by atoms with Crippen molar-refractivity contribution >= 4 is 17.7 Å². The van der Waals surface area contributed by atoms with Gasteiger partial charge in [0.05, 0.1) is 6.61 Å². The number of esters is 1. The summed E-state index contributed by atoms with van der Waals surface area (Å²) in [5, 5.41) is 2.35. The highest BCUT2D eigenvalue weighted by Crippen LogP contribution is 2.15. The number of rotatable bonds is 6. The lowest BCUT2D eigenvalue weighted by Gasteiger charge is -2.14. The average Bonchev–Trinajstić information content (AvgIpc) is 2.46. The number of amides is 1. The van der Waals surface area contributed by atoms with E-state index >= 15 is 0 Å². The zero-order valence-electron chi connectivity index (χ0n) is 11.9. The van der Waals surface area contributed by atoms with Gasteiger partial charge in [0.15, 0.2) is 0 Å². The number of nitrogens with one attached hydrogen (secondary N) is 1. The average molecular weight is 277 g/mol. The lowest BCUT2D eigenvalue weighted by Crippen LogP contribution is -2.44. The molecule has 0 saturated carbocycles. The monoisotopic (exact) mass is 277 g/mol. The van der Waals surface area contributed by atoms with E-state index in [1.54, 1.807) is 38.1 Å². The Hall–Kier alpha value is -2.17. The second-order valence-corrected chi connectivity index (χ2v) is 4.44. The lowest BCUT2D eigenvalue weighted by molar-refractivity contribution is -0.148. The van der Waals surface area contributed by atoms with E-state index in [1.165, 1.54) is 6.92 Å². The molecule has 1 aromatic carbocycles. The van der Waals surface area contributed by atoms with Crippen LogP contribution in [0.1, 0.15) is 32.3 Å². The van der Waals surface area contributed by atoms with Crippen LogP contribution in [0, 0.1) is 0 Å². The molecule has 0 spiro atoms. The molecule has 20 heavy (non-hydrogen) atoms. The molecule has 0 saturated heterocycles. The summed E-state index contributed by atoms with van der Waals surface area (Å²) in [6.07, 6.45) is 0.